The largest absolute Gasteiger partial charge is 0.383 e. The van der Waals surface area contributed by atoms with Gasteiger partial charge in [0.15, 0.2) is 0 Å². The number of nitro benzene ring substituents is 1. The van der Waals surface area contributed by atoms with Gasteiger partial charge in [-0.05, 0) is 43.2 Å². The molecule has 0 aliphatic rings. The lowest BCUT2D eigenvalue weighted by Gasteiger charge is -2.06. The summed E-state index contributed by atoms with van der Waals surface area (Å²) in [5, 5.41) is 14.8. The van der Waals surface area contributed by atoms with Crippen LogP contribution in [0.5, 0.6) is 0 Å². The molecule has 0 unspecified atom stereocenters. The van der Waals surface area contributed by atoms with Gasteiger partial charge in [-0.15, -0.1) is 11.8 Å². The highest BCUT2D eigenvalue weighted by molar-refractivity contribution is 7.98. The van der Waals surface area contributed by atoms with Crippen molar-refractivity contribution in [3.63, 3.8) is 0 Å². The minimum atomic E-state index is -0.366. The number of rotatable bonds is 5. The van der Waals surface area contributed by atoms with E-state index in [2.05, 4.69) is 10.3 Å². The molecular formula is C15H17N3O2S. The average molecular weight is 303 g/mol. The highest BCUT2D eigenvalue weighted by Crippen LogP contribution is 2.28. The topological polar surface area (TPSA) is 68.1 Å². The Morgan fingerprint density at radius 2 is 2.05 bits per heavy atom. The minimum Gasteiger partial charge on any atom is -0.383 e. The van der Waals surface area contributed by atoms with Crippen molar-refractivity contribution >= 4 is 23.1 Å². The Bertz CT molecular complexity index is 654. The summed E-state index contributed by atoms with van der Waals surface area (Å²) in [6.45, 7) is 3.99. The number of nitrogens with one attached hydrogen (secondary N) is 1. The highest BCUT2D eigenvalue weighted by Gasteiger charge is 2.13. The smallest absolute Gasteiger partial charge is 0.292 e. The van der Waals surface area contributed by atoms with Gasteiger partial charge in [-0.3, -0.25) is 10.1 Å². The first kappa shape index (κ1) is 15.3. The van der Waals surface area contributed by atoms with Crippen LogP contribution in [0.2, 0.25) is 0 Å². The molecular weight excluding hydrogens is 286 g/mol. The molecule has 0 fully saturated rings. The maximum Gasteiger partial charge on any atom is 0.292 e. The molecule has 21 heavy (non-hydrogen) atoms. The van der Waals surface area contributed by atoms with Gasteiger partial charge >= 0.3 is 0 Å². The number of nitro groups is 1. The van der Waals surface area contributed by atoms with Crippen LogP contribution in [0.25, 0.3) is 0 Å². The Labute approximate surface area is 127 Å². The number of nitrogens with zero attached hydrogens (tertiary/aromatic N) is 2. The number of benzene rings is 1. The van der Waals surface area contributed by atoms with Crippen molar-refractivity contribution in [2.75, 3.05) is 12.4 Å². The number of hydrogen-bond acceptors (Lipinski definition) is 5. The summed E-state index contributed by atoms with van der Waals surface area (Å²) < 4.78 is 0. The zero-order valence-electron chi connectivity index (χ0n) is 12.2. The first-order chi connectivity index (χ1) is 9.99. The molecule has 110 valence electrons. The fraction of sp³-hybridized carbons (Fsp3) is 0.267. The van der Waals surface area contributed by atoms with Crippen LogP contribution in [-0.4, -0.2) is 17.0 Å². The minimum absolute atomic E-state index is 0.101. The van der Waals surface area contributed by atoms with Crippen molar-refractivity contribution in [2.24, 2.45) is 0 Å². The molecule has 0 atom stereocenters. The van der Waals surface area contributed by atoms with Crippen molar-refractivity contribution in [3.8, 4) is 0 Å². The SMILES string of the molecule is CNc1ccc(CSc2cc(C)cc(C)n2)cc1[N+](=O)[O-]. The molecule has 0 radical (unpaired) electrons. The molecule has 6 heteroatoms. The van der Waals surface area contributed by atoms with Crippen LogP contribution in [-0.2, 0) is 5.75 Å². The summed E-state index contributed by atoms with van der Waals surface area (Å²) in [5.74, 6) is 0.653. The number of aromatic nitrogens is 1. The van der Waals surface area contributed by atoms with Gasteiger partial charge in [-0.2, -0.15) is 0 Å². The molecule has 0 bridgehead atoms. The fourth-order valence-corrected chi connectivity index (χ4v) is 3.04. The first-order valence-corrected chi connectivity index (χ1v) is 7.51. The van der Waals surface area contributed by atoms with Crippen LogP contribution >= 0.6 is 11.8 Å². The number of pyridine rings is 1. The summed E-state index contributed by atoms with van der Waals surface area (Å²) >= 11 is 1.58. The number of thioether (sulfide) groups is 1. The van der Waals surface area contributed by atoms with Crippen molar-refractivity contribution in [1.29, 1.82) is 0 Å². The summed E-state index contributed by atoms with van der Waals surface area (Å²) in [5.41, 5.74) is 3.68. The second-order valence-corrected chi connectivity index (χ2v) is 5.77. The van der Waals surface area contributed by atoms with E-state index in [4.69, 9.17) is 0 Å². The Hall–Kier alpha value is -2.08. The van der Waals surface area contributed by atoms with Crippen molar-refractivity contribution in [1.82, 2.24) is 4.98 Å². The van der Waals surface area contributed by atoms with Crippen molar-refractivity contribution in [3.05, 3.63) is 57.3 Å². The molecule has 1 heterocycles. The van der Waals surface area contributed by atoms with Crippen LogP contribution in [0.4, 0.5) is 11.4 Å². The summed E-state index contributed by atoms with van der Waals surface area (Å²) in [6, 6.07) is 9.30. The van der Waals surface area contributed by atoms with Crippen LogP contribution < -0.4 is 5.32 Å². The normalized spacial score (nSPS) is 10.4. The summed E-state index contributed by atoms with van der Waals surface area (Å²) in [6.07, 6.45) is 0. The van der Waals surface area contributed by atoms with Crippen molar-refractivity contribution in [2.45, 2.75) is 24.6 Å². The van der Waals surface area contributed by atoms with E-state index in [1.54, 1.807) is 30.9 Å². The lowest BCUT2D eigenvalue weighted by Crippen LogP contribution is -1.97. The maximum atomic E-state index is 11.0. The zero-order chi connectivity index (χ0) is 15.4. The highest BCUT2D eigenvalue weighted by atomic mass is 32.2. The van der Waals surface area contributed by atoms with Gasteiger partial charge in [0.2, 0.25) is 0 Å². The molecule has 1 aromatic carbocycles. The lowest BCUT2D eigenvalue weighted by molar-refractivity contribution is -0.384. The number of hydrogen-bond donors (Lipinski definition) is 1. The quantitative estimate of drug-likeness (QED) is 0.515. The lowest BCUT2D eigenvalue weighted by atomic mass is 10.2. The van der Waals surface area contributed by atoms with Crippen LogP contribution in [0.1, 0.15) is 16.8 Å². The first-order valence-electron chi connectivity index (χ1n) is 6.53. The van der Waals surface area contributed by atoms with E-state index in [-0.39, 0.29) is 10.6 Å². The molecule has 0 saturated heterocycles. The predicted octanol–water partition coefficient (Wildman–Crippen LogP) is 3.94. The number of anilines is 1. The predicted molar refractivity (Wildman–Crippen MR) is 85.9 cm³/mol. The molecule has 1 aromatic heterocycles. The molecule has 2 aromatic rings. The van der Waals surface area contributed by atoms with E-state index < -0.39 is 0 Å². The summed E-state index contributed by atoms with van der Waals surface area (Å²) in [7, 11) is 1.68. The molecule has 0 amide bonds. The van der Waals surface area contributed by atoms with E-state index in [9.17, 15) is 10.1 Å². The van der Waals surface area contributed by atoms with Crippen LogP contribution in [0.15, 0.2) is 35.4 Å². The molecule has 0 spiro atoms. The Morgan fingerprint density at radius 1 is 1.29 bits per heavy atom. The van der Waals surface area contributed by atoms with Crippen LogP contribution in [0.3, 0.4) is 0 Å². The third-order valence-corrected chi connectivity index (χ3v) is 3.97. The second-order valence-electron chi connectivity index (χ2n) is 4.77. The average Bonchev–Trinajstić information content (AvgIpc) is 2.43. The van der Waals surface area contributed by atoms with Gasteiger partial charge in [0, 0.05) is 24.6 Å². The summed E-state index contributed by atoms with van der Waals surface area (Å²) in [4.78, 5) is 15.1. The van der Waals surface area contributed by atoms with Gasteiger partial charge in [0.05, 0.1) is 9.95 Å². The third kappa shape index (κ3) is 3.95. The maximum absolute atomic E-state index is 11.0. The number of aryl methyl sites for hydroxylation is 2. The molecule has 5 nitrogen and oxygen atoms in total. The molecule has 2 rings (SSSR count). The molecule has 0 saturated carbocycles. The molecule has 1 N–H and O–H groups in total. The Morgan fingerprint density at radius 3 is 2.67 bits per heavy atom. The fourth-order valence-electron chi connectivity index (χ4n) is 2.06. The van der Waals surface area contributed by atoms with E-state index >= 15 is 0 Å². The third-order valence-electron chi connectivity index (χ3n) is 2.99. The van der Waals surface area contributed by atoms with Gasteiger partial charge in [-0.1, -0.05) is 6.07 Å². The standard InChI is InChI=1S/C15H17N3O2S/c1-10-6-11(2)17-15(7-10)21-9-12-4-5-13(16-3)14(8-12)18(19)20/h4-8,16H,9H2,1-3H3. The molecule has 0 aliphatic heterocycles. The molecule has 0 aliphatic carbocycles. The van der Waals surface area contributed by atoms with E-state index in [0.29, 0.717) is 11.4 Å². The zero-order valence-corrected chi connectivity index (χ0v) is 13.0. The monoisotopic (exact) mass is 303 g/mol. The van der Waals surface area contributed by atoms with E-state index in [0.717, 1.165) is 16.3 Å². The van der Waals surface area contributed by atoms with Gasteiger partial charge in [0.1, 0.15) is 5.69 Å². The Balaban J connectivity index is 2.16. The second kappa shape index (κ2) is 6.58. The van der Waals surface area contributed by atoms with Gasteiger partial charge in [0.25, 0.3) is 5.69 Å². The van der Waals surface area contributed by atoms with E-state index in [1.807, 2.05) is 32.0 Å². The Kier molecular flexibility index (Phi) is 4.80. The van der Waals surface area contributed by atoms with Gasteiger partial charge < -0.3 is 5.32 Å². The van der Waals surface area contributed by atoms with Crippen molar-refractivity contribution < 1.29 is 4.92 Å². The van der Waals surface area contributed by atoms with Gasteiger partial charge in [-0.25, -0.2) is 4.98 Å². The van der Waals surface area contributed by atoms with Crippen LogP contribution in [0, 0.1) is 24.0 Å². The van der Waals surface area contributed by atoms with E-state index in [1.165, 1.54) is 5.56 Å².